The van der Waals surface area contributed by atoms with Crippen molar-refractivity contribution in [2.24, 2.45) is 0 Å². The lowest BCUT2D eigenvalue weighted by atomic mass is 10.3. The van der Waals surface area contributed by atoms with E-state index in [0.29, 0.717) is 0 Å². The molecule has 15 heavy (non-hydrogen) atoms. The van der Waals surface area contributed by atoms with Crippen LogP contribution in [0.15, 0.2) is 0 Å². The molecule has 0 unspecified atom stereocenters. The van der Waals surface area contributed by atoms with Crippen LogP contribution in [0.2, 0.25) is 0 Å². The predicted octanol–water partition coefficient (Wildman–Crippen LogP) is 0.917. The Morgan fingerprint density at radius 1 is 1.47 bits per heavy atom. The zero-order chi connectivity index (χ0) is 12.1. The van der Waals surface area contributed by atoms with E-state index in [2.05, 4.69) is 10.1 Å². The van der Waals surface area contributed by atoms with Crippen molar-refractivity contribution in [3.8, 4) is 0 Å². The Morgan fingerprint density at radius 2 is 2.00 bits per heavy atom. The van der Waals surface area contributed by atoms with Crippen molar-refractivity contribution in [1.82, 2.24) is 5.32 Å². The summed E-state index contributed by atoms with van der Waals surface area (Å²) < 4.78 is 39.7. The van der Waals surface area contributed by atoms with Gasteiger partial charge in [-0.1, -0.05) is 0 Å². The highest BCUT2D eigenvalue weighted by atomic mass is 32.2. The molecular weight excluding hydrogens is 235 g/mol. The van der Waals surface area contributed by atoms with Gasteiger partial charge in [0.05, 0.1) is 7.11 Å². The van der Waals surface area contributed by atoms with Gasteiger partial charge >= 0.3 is 11.5 Å². The summed E-state index contributed by atoms with van der Waals surface area (Å²) in [6, 6.07) is -1.28. The van der Waals surface area contributed by atoms with E-state index in [-0.39, 0.29) is 11.8 Å². The number of esters is 1. The standard InChI is InChI=1S/C7H10F3NO3S/c1-4(12)11-5(6(13)14-2)3-15-7(8,9)10/h5H,3H2,1-2H3,(H,11,12)/t5-/m0/s1. The minimum Gasteiger partial charge on any atom is -0.467 e. The first-order chi connectivity index (χ1) is 6.76. The largest absolute Gasteiger partial charge is 0.467 e. The minimum absolute atomic E-state index is 0.388. The Kier molecular flexibility index (Phi) is 5.48. The van der Waals surface area contributed by atoms with E-state index in [0.717, 1.165) is 14.0 Å². The zero-order valence-corrected chi connectivity index (χ0v) is 8.87. The Morgan fingerprint density at radius 3 is 2.33 bits per heavy atom. The summed E-state index contributed by atoms with van der Waals surface area (Å²) in [7, 11) is 1.04. The number of hydrogen-bond donors (Lipinski definition) is 1. The molecule has 1 atom stereocenters. The van der Waals surface area contributed by atoms with Crippen LogP contribution >= 0.6 is 11.8 Å². The summed E-state index contributed by atoms with van der Waals surface area (Å²) in [4.78, 5) is 21.5. The number of methoxy groups -OCH3 is 1. The fourth-order valence-corrected chi connectivity index (χ4v) is 1.31. The number of amides is 1. The van der Waals surface area contributed by atoms with E-state index in [1.807, 2.05) is 0 Å². The maximum absolute atomic E-state index is 11.8. The van der Waals surface area contributed by atoms with Crippen molar-refractivity contribution in [3.63, 3.8) is 0 Å². The van der Waals surface area contributed by atoms with Crippen molar-refractivity contribution in [2.45, 2.75) is 18.5 Å². The van der Waals surface area contributed by atoms with Crippen LogP contribution in [0.3, 0.4) is 0 Å². The molecule has 8 heteroatoms. The van der Waals surface area contributed by atoms with Gasteiger partial charge < -0.3 is 10.1 Å². The first-order valence-electron chi connectivity index (χ1n) is 3.82. The maximum atomic E-state index is 11.8. The van der Waals surface area contributed by atoms with Gasteiger partial charge in [0.15, 0.2) is 0 Å². The molecule has 0 spiro atoms. The second-order valence-corrected chi connectivity index (χ2v) is 3.62. The van der Waals surface area contributed by atoms with E-state index >= 15 is 0 Å². The zero-order valence-electron chi connectivity index (χ0n) is 8.05. The van der Waals surface area contributed by atoms with Crippen molar-refractivity contribution in [3.05, 3.63) is 0 Å². The van der Waals surface area contributed by atoms with Crippen LogP contribution in [0, 0.1) is 0 Å². The quantitative estimate of drug-likeness (QED) is 0.748. The smallest absolute Gasteiger partial charge is 0.441 e. The molecule has 1 amide bonds. The first kappa shape index (κ1) is 14.1. The summed E-state index contributed by atoms with van der Waals surface area (Å²) in [5.41, 5.74) is -4.44. The van der Waals surface area contributed by atoms with Crippen molar-refractivity contribution in [2.75, 3.05) is 12.9 Å². The molecule has 4 nitrogen and oxygen atoms in total. The number of carbonyl (C=O) groups excluding carboxylic acids is 2. The number of hydrogen-bond acceptors (Lipinski definition) is 4. The molecule has 0 saturated heterocycles. The van der Waals surface area contributed by atoms with Gasteiger partial charge in [-0.15, -0.1) is 0 Å². The molecule has 0 fully saturated rings. The average Bonchev–Trinajstić information content (AvgIpc) is 2.09. The molecule has 0 aliphatic carbocycles. The number of nitrogens with one attached hydrogen (secondary N) is 1. The van der Waals surface area contributed by atoms with E-state index in [9.17, 15) is 22.8 Å². The van der Waals surface area contributed by atoms with Crippen molar-refractivity contribution in [1.29, 1.82) is 0 Å². The number of rotatable bonds is 4. The average molecular weight is 245 g/mol. The third-order valence-corrected chi connectivity index (χ3v) is 2.10. The second-order valence-electron chi connectivity index (χ2n) is 2.53. The van der Waals surface area contributed by atoms with Gasteiger partial charge in [-0.05, 0) is 11.8 Å². The molecule has 0 aliphatic rings. The summed E-state index contributed by atoms with van der Waals surface area (Å²) >= 11 is -0.388. The summed E-state index contributed by atoms with van der Waals surface area (Å²) in [6.45, 7) is 1.11. The third-order valence-electron chi connectivity index (χ3n) is 1.28. The maximum Gasteiger partial charge on any atom is 0.441 e. The molecule has 0 saturated carbocycles. The van der Waals surface area contributed by atoms with Gasteiger partial charge in [-0.3, -0.25) is 4.79 Å². The van der Waals surface area contributed by atoms with Gasteiger partial charge in [0.1, 0.15) is 6.04 Å². The van der Waals surface area contributed by atoms with Crippen LogP contribution in [-0.2, 0) is 14.3 Å². The highest BCUT2D eigenvalue weighted by Crippen LogP contribution is 2.30. The predicted molar refractivity (Wildman–Crippen MR) is 48.1 cm³/mol. The summed E-state index contributed by atoms with van der Waals surface area (Å²) in [5, 5.41) is 2.07. The molecule has 0 bridgehead atoms. The fourth-order valence-electron chi connectivity index (χ4n) is 0.734. The summed E-state index contributed by atoms with van der Waals surface area (Å²) in [6.07, 6.45) is 0. The highest BCUT2D eigenvalue weighted by molar-refractivity contribution is 8.00. The molecule has 88 valence electrons. The molecule has 0 rings (SSSR count). The lowest BCUT2D eigenvalue weighted by Crippen LogP contribution is -2.42. The number of ether oxygens (including phenoxy) is 1. The van der Waals surface area contributed by atoms with Crippen LogP contribution in [0.1, 0.15) is 6.92 Å². The lowest BCUT2D eigenvalue weighted by Gasteiger charge is -2.15. The first-order valence-corrected chi connectivity index (χ1v) is 4.80. The SMILES string of the molecule is COC(=O)[C@H](CSC(F)(F)F)NC(C)=O. The highest BCUT2D eigenvalue weighted by Gasteiger charge is 2.32. The molecule has 0 aromatic carbocycles. The van der Waals surface area contributed by atoms with E-state index in [4.69, 9.17) is 0 Å². The Hall–Kier alpha value is -0.920. The number of thioether (sulfide) groups is 1. The van der Waals surface area contributed by atoms with Gasteiger partial charge in [0.25, 0.3) is 0 Å². The number of alkyl halides is 3. The van der Waals surface area contributed by atoms with Crippen LogP contribution < -0.4 is 5.32 Å². The fraction of sp³-hybridized carbons (Fsp3) is 0.714. The monoisotopic (exact) mass is 245 g/mol. The van der Waals surface area contributed by atoms with Gasteiger partial charge in [0.2, 0.25) is 5.91 Å². The molecule has 0 radical (unpaired) electrons. The third kappa shape index (κ3) is 7.06. The van der Waals surface area contributed by atoms with Crippen LogP contribution in [0.5, 0.6) is 0 Å². The van der Waals surface area contributed by atoms with E-state index in [1.165, 1.54) is 0 Å². The van der Waals surface area contributed by atoms with Crippen molar-refractivity contribution < 1.29 is 27.5 Å². The minimum atomic E-state index is -4.44. The van der Waals surface area contributed by atoms with Crippen molar-refractivity contribution >= 4 is 23.6 Å². The number of halogens is 3. The van der Waals surface area contributed by atoms with Gasteiger partial charge in [0, 0.05) is 12.7 Å². The van der Waals surface area contributed by atoms with Gasteiger partial charge in [-0.25, -0.2) is 4.79 Å². The van der Waals surface area contributed by atoms with E-state index < -0.39 is 29.2 Å². The molecule has 0 aromatic heterocycles. The Balaban J connectivity index is 4.25. The molecular formula is C7H10F3NO3S. The van der Waals surface area contributed by atoms with Gasteiger partial charge in [-0.2, -0.15) is 13.2 Å². The van der Waals surface area contributed by atoms with Crippen LogP contribution in [0.4, 0.5) is 13.2 Å². The lowest BCUT2D eigenvalue weighted by molar-refractivity contribution is -0.144. The molecule has 0 aliphatic heterocycles. The van der Waals surface area contributed by atoms with E-state index in [1.54, 1.807) is 0 Å². The second kappa shape index (κ2) is 5.84. The number of carbonyl (C=O) groups is 2. The Bertz CT molecular complexity index is 244. The normalized spacial score (nSPS) is 13.1. The molecule has 1 N–H and O–H groups in total. The van der Waals surface area contributed by atoms with Crippen LogP contribution in [-0.4, -0.2) is 36.3 Å². The topological polar surface area (TPSA) is 55.4 Å². The van der Waals surface area contributed by atoms with Crippen LogP contribution in [0.25, 0.3) is 0 Å². The summed E-state index contributed by atoms with van der Waals surface area (Å²) in [5.74, 6) is -2.09. The Labute approximate surface area is 88.5 Å². The molecule has 0 heterocycles. The molecule has 0 aromatic rings.